The lowest BCUT2D eigenvalue weighted by atomic mass is 9.82. The molecule has 0 saturated carbocycles. The van der Waals surface area contributed by atoms with Gasteiger partial charge in [0, 0.05) is 25.2 Å². The van der Waals surface area contributed by atoms with Crippen LogP contribution in [0.1, 0.15) is 47.5 Å². The van der Waals surface area contributed by atoms with Crippen molar-refractivity contribution in [2.75, 3.05) is 19.8 Å². The van der Waals surface area contributed by atoms with Crippen LogP contribution in [0.4, 0.5) is 0 Å². The van der Waals surface area contributed by atoms with Crippen LogP contribution in [-0.4, -0.2) is 53.3 Å². The zero-order valence-corrected chi connectivity index (χ0v) is 21.8. The molecule has 7 heteroatoms. The third-order valence-electron chi connectivity index (χ3n) is 7.10. The van der Waals surface area contributed by atoms with Crippen molar-refractivity contribution < 1.29 is 14.1 Å². The first kappa shape index (κ1) is 26.0. The van der Waals surface area contributed by atoms with Crippen LogP contribution in [0.3, 0.4) is 0 Å². The lowest BCUT2D eigenvalue weighted by molar-refractivity contribution is -0.000257. The van der Waals surface area contributed by atoms with E-state index in [2.05, 4.69) is 65.1 Å². The zero-order chi connectivity index (χ0) is 21.8. The van der Waals surface area contributed by atoms with Gasteiger partial charge in [-0.15, -0.1) is 6.58 Å². The second kappa shape index (κ2) is 9.85. The molecule has 0 bridgehead atoms. The van der Waals surface area contributed by atoms with E-state index in [0.29, 0.717) is 18.6 Å². The Morgan fingerprint density at radius 3 is 2.29 bits per heavy atom. The summed E-state index contributed by atoms with van der Waals surface area (Å²) in [6.07, 6.45) is 3.76. The maximum Gasteiger partial charge on any atom is 0.192 e. The predicted molar refractivity (Wildman–Crippen MR) is 124 cm³/mol. The van der Waals surface area contributed by atoms with Crippen molar-refractivity contribution in [3.05, 3.63) is 12.7 Å². The monoisotopic (exact) mass is 430 g/mol. The van der Waals surface area contributed by atoms with Crippen molar-refractivity contribution in [3.8, 4) is 0 Å². The van der Waals surface area contributed by atoms with Gasteiger partial charge in [0.05, 0.1) is 6.61 Å². The predicted octanol–water partition coefficient (Wildman–Crippen LogP) is 4.43. The molecule has 5 nitrogen and oxygen atoms in total. The Bertz CT molecular complexity index is 499. The minimum absolute atomic E-state index is 0.0573. The van der Waals surface area contributed by atoms with Crippen LogP contribution >= 0.6 is 0 Å². The van der Waals surface area contributed by atoms with Crippen LogP contribution in [0.2, 0.25) is 36.3 Å². The molecule has 0 aromatic heterocycles. The van der Waals surface area contributed by atoms with Crippen LogP contribution in [0.25, 0.3) is 0 Å². The fraction of sp³-hybridized carbons (Fsp3) is 0.905. The topological polar surface area (TPSA) is 62.8 Å². The summed E-state index contributed by atoms with van der Waals surface area (Å²) in [7, 11) is -4.02. The van der Waals surface area contributed by atoms with E-state index in [1.165, 1.54) is 0 Å². The fourth-order valence-electron chi connectivity index (χ4n) is 3.21. The lowest BCUT2D eigenvalue weighted by Gasteiger charge is -2.44. The van der Waals surface area contributed by atoms with Gasteiger partial charge in [-0.1, -0.05) is 40.7 Å². The standard InChI is InChI=1S/C21H46N2O3Si2/c1-11-12-25-23-19-15-22-18(16-26-28(9,10)20(2,3)4)13-17(19)14-21(5,6)27(7,8)24/h11,17-19,22-24H,1,12-16H2,2-10H3/t17-,18+,19+/m1/s1. The second-order valence-corrected chi connectivity index (χ2v) is 20.4. The van der Waals surface area contributed by atoms with Crippen LogP contribution in [0, 0.1) is 5.92 Å². The highest BCUT2D eigenvalue weighted by Gasteiger charge is 2.43. The molecular formula is C21H46N2O3Si2. The molecule has 1 heterocycles. The highest BCUT2D eigenvalue weighted by molar-refractivity contribution is 6.74. The van der Waals surface area contributed by atoms with Gasteiger partial charge in [0.1, 0.15) is 0 Å². The van der Waals surface area contributed by atoms with Gasteiger partial charge in [-0.05, 0) is 55.0 Å². The molecule has 0 amide bonds. The van der Waals surface area contributed by atoms with Crippen LogP contribution in [-0.2, 0) is 9.26 Å². The van der Waals surface area contributed by atoms with Crippen LogP contribution < -0.4 is 10.8 Å². The van der Waals surface area contributed by atoms with Gasteiger partial charge in [0.2, 0.25) is 0 Å². The highest BCUT2D eigenvalue weighted by Crippen LogP contribution is 2.44. The summed E-state index contributed by atoms with van der Waals surface area (Å²) in [6, 6.07) is 0.565. The summed E-state index contributed by atoms with van der Waals surface area (Å²) < 4.78 is 6.48. The largest absolute Gasteiger partial charge is 0.432 e. The van der Waals surface area contributed by atoms with Crippen molar-refractivity contribution in [2.24, 2.45) is 5.92 Å². The van der Waals surface area contributed by atoms with Crippen molar-refractivity contribution in [2.45, 2.75) is 95.8 Å². The molecule has 1 saturated heterocycles. The van der Waals surface area contributed by atoms with Crippen molar-refractivity contribution >= 4 is 16.6 Å². The lowest BCUT2D eigenvalue weighted by Crippen LogP contribution is -2.56. The van der Waals surface area contributed by atoms with Gasteiger partial charge < -0.3 is 14.5 Å². The molecule has 1 rings (SSSR count). The minimum atomic E-state index is -2.26. The smallest absolute Gasteiger partial charge is 0.192 e. The second-order valence-electron chi connectivity index (χ2n) is 11.1. The third kappa shape index (κ3) is 7.34. The summed E-state index contributed by atoms with van der Waals surface area (Å²) >= 11 is 0. The van der Waals surface area contributed by atoms with E-state index in [1.807, 2.05) is 13.1 Å². The van der Waals surface area contributed by atoms with E-state index in [4.69, 9.17) is 9.26 Å². The summed E-state index contributed by atoms with van der Waals surface area (Å²) in [5, 5.41) is 3.82. The number of hydrogen-bond donors (Lipinski definition) is 3. The van der Waals surface area contributed by atoms with Gasteiger partial charge in [-0.25, -0.2) is 0 Å². The summed E-state index contributed by atoms with van der Waals surface area (Å²) in [6.45, 7) is 25.8. The van der Waals surface area contributed by atoms with Crippen molar-refractivity contribution in [1.82, 2.24) is 10.8 Å². The Morgan fingerprint density at radius 2 is 1.79 bits per heavy atom. The molecule has 0 spiro atoms. The molecule has 1 aliphatic heterocycles. The minimum Gasteiger partial charge on any atom is -0.432 e. The van der Waals surface area contributed by atoms with E-state index in [0.717, 1.165) is 26.0 Å². The number of nitrogens with one attached hydrogen (secondary N) is 2. The van der Waals surface area contributed by atoms with Gasteiger partial charge in [-0.2, -0.15) is 5.48 Å². The van der Waals surface area contributed by atoms with E-state index >= 15 is 0 Å². The van der Waals surface area contributed by atoms with Gasteiger partial charge in [0.25, 0.3) is 0 Å². The summed E-state index contributed by atoms with van der Waals surface area (Å²) in [5.74, 6) is 0.424. The average molecular weight is 431 g/mol. The molecule has 0 aliphatic carbocycles. The molecule has 0 radical (unpaired) electrons. The molecule has 166 valence electrons. The first-order chi connectivity index (χ1) is 12.6. The van der Waals surface area contributed by atoms with Gasteiger partial charge in [0.15, 0.2) is 16.6 Å². The van der Waals surface area contributed by atoms with Crippen LogP contribution in [0.15, 0.2) is 12.7 Å². The molecule has 3 N–H and O–H groups in total. The Labute approximate surface area is 175 Å². The van der Waals surface area contributed by atoms with Crippen molar-refractivity contribution in [1.29, 1.82) is 0 Å². The molecule has 3 atom stereocenters. The number of piperidine rings is 1. The third-order valence-corrected chi connectivity index (χ3v) is 15.1. The molecule has 0 aromatic carbocycles. The number of hydroxylamine groups is 1. The van der Waals surface area contributed by atoms with Crippen molar-refractivity contribution in [3.63, 3.8) is 0 Å². The first-order valence-corrected chi connectivity index (χ1v) is 16.5. The van der Waals surface area contributed by atoms with E-state index in [9.17, 15) is 4.80 Å². The molecule has 0 unspecified atom stereocenters. The number of rotatable bonds is 10. The molecule has 0 aromatic rings. The highest BCUT2D eigenvalue weighted by atomic mass is 28.4. The van der Waals surface area contributed by atoms with E-state index in [-0.39, 0.29) is 16.1 Å². The van der Waals surface area contributed by atoms with Crippen LogP contribution in [0.5, 0.6) is 0 Å². The first-order valence-electron chi connectivity index (χ1n) is 10.7. The van der Waals surface area contributed by atoms with Gasteiger partial charge in [-0.3, -0.25) is 4.84 Å². The average Bonchev–Trinajstić information content (AvgIpc) is 2.52. The molecular weight excluding hydrogens is 384 g/mol. The Kier molecular flexibility index (Phi) is 9.15. The van der Waals surface area contributed by atoms with E-state index < -0.39 is 16.6 Å². The summed E-state index contributed by atoms with van der Waals surface area (Å²) in [5.41, 5.74) is 3.23. The maximum atomic E-state index is 10.8. The molecule has 1 aliphatic rings. The Morgan fingerprint density at radius 1 is 1.18 bits per heavy atom. The summed E-state index contributed by atoms with van der Waals surface area (Å²) in [4.78, 5) is 16.3. The number of hydrogen-bond acceptors (Lipinski definition) is 5. The molecule has 1 fully saturated rings. The quantitative estimate of drug-likeness (QED) is 0.207. The SMILES string of the molecule is C=CCON[C@H]1CN[C@H](CO[Si](C)(C)C(C)(C)C)C[C@@H]1CC(C)(C)[Si](C)(C)O. The normalized spacial score (nSPS) is 25.0. The van der Waals surface area contributed by atoms with Gasteiger partial charge >= 0.3 is 0 Å². The Hall–Kier alpha value is -0.0262. The fourth-order valence-corrected chi connectivity index (χ4v) is 5.02. The zero-order valence-electron chi connectivity index (χ0n) is 19.8. The van der Waals surface area contributed by atoms with E-state index in [1.54, 1.807) is 6.08 Å². The Balaban J connectivity index is 2.81. The maximum absolute atomic E-state index is 10.8. The molecule has 28 heavy (non-hydrogen) atoms.